The number of benzene rings is 1. The predicted octanol–water partition coefficient (Wildman–Crippen LogP) is 2.25. The van der Waals surface area contributed by atoms with Crippen molar-refractivity contribution in [3.05, 3.63) is 53.0 Å². The SMILES string of the molecule is CN(CC(=O)Nc1ccccc1)C(=O)/C=C\c1nccs1. The molecule has 0 atom stereocenters. The first kappa shape index (κ1) is 14.9. The van der Waals surface area contributed by atoms with Crippen LogP contribution in [0.3, 0.4) is 0 Å². The molecule has 2 amide bonds. The number of thiazole rings is 1. The molecule has 0 fully saturated rings. The van der Waals surface area contributed by atoms with Crippen LogP contribution in [-0.2, 0) is 9.59 Å². The highest BCUT2D eigenvalue weighted by Gasteiger charge is 2.10. The Labute approximate surface area is 126 Å². The van der Waals surface area contributed by atoms with E-state index in [1.807, 2.05) is 23.6 Å². The van der Waals surface area contributed by atoms with Gasteiger partial charge in [0.1, 0.15) is 5.01 Å². The van der Waals surface area contributed by atoms with Crippen LogP contribution in [0.5, 0.6) is 0 Å². The second kappa shape index (κ2) is 7.35. The Hall–Kier alpha value is -2.47. The van der Waals surface area contributed by atoms with Crippen LogP contribution in [0.4, 0.5) is 5.69 Å². The Morgan fingerprint density at radius 2 is 2.10 bits per heavy atom. The smallest absolute Gasteiger partial charge is 0.246 e. The molecule has 108 valence electrons. The number of amides is 2. The molecule has 0 unspecified atom stereocenters. The molecular weight excluding hydrogens is 286 g/mol. The van der Waals surface area contributed by atoms with Crippen molar-refractivity contribution in [1.82, 2.24) is 9.88 Å². The van der Waals surface area contributed by atoms with Crippen LogP contribution in [-0.4, -0.2) is 35.3 Å². The molecule has 5 nitrogen and oxygen atoms in total. The van der Waals surface area contributed by atoms with Crippen LogP contribution >= 0.6 is 11.3 Å². The average molecular weight is 301 g/mol. The molecule has 1 aromatic carbocycles. The minimum Gasteiger partial charge on any atom is -0.333 e. The van der Waals surface area contributed by atoms with Gasteiger partial charge in [-0.3, -0.25) is 9.59 Å². The molecule has 0 saturated heterocycles. The summed E-state index contributed by atoms with van der Waals surface area (Å²) in [7, 11) is 1.58. The minimum absolute atomic E-state index is 0.00403. The number of para-hydroxylation sites is 1. The summed E-state index contributed by atoms with van der Waals surface area (Å²) < 4.78 is 0. The molecule has 2 rings (SSSR count). The zero-order chi connectivity index (χ0) is 15.1. The Morgan fingerprint density at radius 1 is 1.33 bits per heavy atom. The fourth-order valence-electron chi connectivity index (χ4n) is 1.60. The van der Waals surface area contributed by atoms with E-state index in [9.17, 15) is 9.59 Å². The highest BCUT2D eigenvalue weighted by Crippen LogP contribution is 2.07. The van der Waals surface area contributed by atoms with Crippen molar-refractivity contribution in [2.24, 2.45) is 0 Å². The van der Waals surface area contributed by atoms with Crippen LogP contribution < -0.4 is 5.32 Å². The summed E-state index contributed by atoms with van der Waals surface area (Å²) in [5.74, 6) is -0.479. The Balaban J connectivity index is 1.84. The van der Waals surface area contributed by atoms with Gasteiger partial charge in [0.2, 0.25) is 11.8 Å². The fourth-order valence-corrected chi connectivity index (χ4v) is 2.13. The Morgan fingerprint density at radius 3 is 2.76 bits per heavy atom. The number of aromatic nitrogens is 1. The molecule has 0 saturated carbocycles. The molecule has 0 aliphatic carbocycles. The molecule has 2 aromatic rings. The number of nitrogens with zero attached hydrogens (tertiary/aromatic N) is 2. The summed E-state index contributed by atoms with van der Waals surface area (Å²) in [6, 6.07) is 9.13. The van der Waals surface area contributed by atoms with E-state index in [-0.39, 0.29) is 18.4 Å². The molecule has 0 aliphatic rings. The third kappa shape index (κ3) is 4.85. The predicted molar refractivity (Wildman–Crippen MR) is 83.9 cm³/mol. The third-order valence-electron chi connectivity index (χ3n) is 2.63. The van der Waals surface area contributed by atoms with E-state index in [4.69, 9.17) is 0 Å². The Kier molecular flexibility index (Phi) is 5.22. The molecule has 0 aliphatic heterocycles. The van der Waals surface area contributed by atoms with Crippen LogP contribution in [0, 0.1) is 0 Å². The maximum atomic E-state index is 11.9. The highest BCUT2D eigenvalue weighted by molar-refractivity contribution is 7.10. The lowest BCUT2D eigenvalue weighted by Gasteiger charge is -2.14. The summed E-state index contributed by atoms with van der Waals surface area (Å²) in [5, 5.41) is 5.32. The lowest BCUT2D eigenvalue weighted by atomic mass is 10.3. The fraction of sp³-hybridized carbons (Fsp3) is 0.133. The molecule has 21 heavy (non-hydrogen) atoms. The molecule has 0 spiro atoms. The zero-order valence-electron chi connectivity index (χ0n) is 11.5. The monoisotopic (exact) mass is 301 g/mol. The van der Waals surface area contributed by atoms with E-state index < -0.39 is 0 Å². The number of hydrogen-bond donors (Lipinski definition) is 1. The van der Waals surface area contributed by atoms with Crippen LogP contribution in [0.15, 0.2) is 48.0 Å². The summed E-state index contributed by atoms with van der Waals surface area (Å²) in [6.45, 7) is -0.00403. The first-order valence-corrected chi connectivity index (χ1v) is 7.20. The van der Waals surface area contributed by atoms with E-state index in [0.717, 1.165) is 5.01 Å². The molecule has 0 bridgehead atoms. The second-order valence-corrected chi connectivity index (χ2v) is 5.24. The molecule has 0 radical (unpaired) electrons. The zero-order valence-corrected chi connectivity index (χ0v) is 12.3. The summed E-state index contributed by atoms with van der Waals surface area (Å²) in [6.07, 6.45) is 4.72. The quantitative estimate of drug-likeness (QED) is 0.862. The van der Waals surface area contributed by atoms with Crippen molar-refractivity contribution in [2.45, 2.75) is 0 Å². The lowest BCUT2D eigenvalue weighted by molar-refractivity contribution is -0.129. The van der Waals surface area contributed by atoms with Crippen molar-refractivity contribution >= 4 is 34.9 Å². The van der Waals surface area contributed by atoms with Crippen molar-refractivity contribution < 1.29 is 9.59 Å². The van der Waals surface area contributed by atoms with Crippen molar-refractivity contribution in [3.63, 3.8) is 0 Å². The normalized spacial score (nSPS) is 10.5. The summed E-state index contributed by atoms with van der Waals surface area (Å²) in [4.78, 5) is 29.1. The largest absolute Gasteiger partial charge is 0.333 e. The van der Waals surface area contributed by atoms with E-state index in [1.165, 1.54) is 22.3 Å². The van der Waals surface area contributed by atoms with Gasteiger partial charge >= 0.3 is 0 Å². The Bertz CT molecular complexity index is 624. The second-order valence-electron chi connectivity index (χ2n) is 4.31. The van der Waals surface area contributed by atoms with Gasteiger partial charge in [-0.2, -0.15) is 0 Å². The van der Waals surface area contributed by atoms with Gasteiger partial charge in [-0.25, -0.2) is 4.98 Å². The molecule has 1 N–H and O–H groups in total. The number of likely N-dealkylation sites (N-methyl/N-ethyl adjacent to an activating group) is 1. The maximum Gasteiger partial charge on any atom is 0.246 e. The molecule has 1 aromatic heterocycles. The number of anilines is 1. The average Bonchev–Trinajstić information content (AvgIpc) is 2.98. The molecule has 1 heterocycles. The van der Waals surface area contributed by atoms with E-state index in [2.05, 4.69) is 10.3 Å². The number of carbonyl (C=O) groups is 2. The number of hydrogen-bond acceptors (Lipinski definition) is 4. The van der Waals surface area contributed by atoms with Crippen LogP contribution in [0.2, 0.25) is 0 Å². The third-order valence-corrected chi connectivity index (χ3v) is 3.38. The van der Waals surface area contributed by atoms with Gasteiger partial charge in [0.25, 0.3) is 0 Å². The molecular formula is C15H15N3O2S. The van der Waals surface area contributed by atoms with Gasteiger partial charge in [0, 0.05) is 30.4 Å². The van der Waals surface area contributed by atoms with Crippen molar-refractivity contribution in [3.8, 4) is 0 Å². The van der Waals surface area contributed by atoms with E-state index in [0.29, 0.717) is 5.69 Å². The first-order chi connectivity index (χ1) is 10.1. The first-order valence-electron chi connectivity index (χ1n) is 6.33. The van der Waals surface area contributed by atoms with E-state index in [1.54, 1.807) is 31.5 Å². The van der Waals surface area contributed by atoms with E-state index >= 15 is 0 Å². The highest BCUT2D eigenvalue weighted by atomic mass is 32.1. The van der Waals surface area contributed by atoms with Gasteiger partial charge in [0.15, 0.2) is 0 Å². The topological polar surface area (TPSA) is 62.3 Å². The van der Waals surface area contributed by atoms with Gasteiger partial charge in [-0.15, -0.1) is 11.3 Å². The summed E-state index contributed by atoms with van der Waals surface area (Å²) in [5.41, 5.74) is 0.710. The van der Waals surface area contributed by atoms with Gasteiger partial charge in [-0.05, 0) is 18.2 Å². The molecule has 6 heteroatoms. The summed E-state index contributed by atoms with van der Waals surface area (Å²) >= 11 is 1.44. The van der Waals surface area contributed by atoms with Gasteiger partial charge in [0.05, 0.1) is 6.54 Å². The minimum atomic E-state index is -0.242. The standard InChI is InChI=1S/C15H15N3O2S/c1-18(15(20)8-7-14-16-9-10-21-14)11-13(19)17-12-5-3-2-4-6-12/h2-10H,11H2,1H3,(H,17,19)/b8-7-. The van der Waals surface area contributed by atoms with Gasteiger partial charge in [-0.1, -0.05) is 18.2 Å². The number of nitrogens with one attached hydrogen (secondary N) is 1. The van der Waals surface area contributed by atoms with Crippen molar-refractivity contribution in [1.29, 1.82) is 0 Å². The van der Waals surface area contributed by atoms with Gasteiger partial charge < -0.3 is 10.2 Å². The lowest BCUT2D eigenvalue weighted by Crippen LogP contribution is -2.33. The van der Waals surface area contributed by atoms with Crippen LogP contribution in [0.1, 0.15) is 5.01 Å². The van der Waals surface area contributed by atoms with Crippen molar-refractivity contribution in [2.75, 3.05) is 18.9 Å². The van der Waals surface area contributed by atoms with Crippen LogP contribution in [0.25, 0.3) is 6.08 Å². The number of carbonyl (C=O) groups excluding carboxylic acids is 2. The number of rotatable bonds is 5. The maximum absolute atomic E-state index is 11.9.